The summed E-state index contributed by atoms with van der Waals surface area (Å²) in [6.45, 7) is 3.00. The highest BCUT2D eigenvalue weighted by molar-refractivity contribution is 6.28. The molecule has 1 aromatic heterocycles. The van der Waals surface area contributed by atoms with Gasteiger partial charge in [0.15, 0.2) is 0 Å². The Bertz CT molecular complexity index is 359. The van der Waals surface area contributed by atoms with Crippen LogP contribution < -0.4 is 10.1 Å². The van der Waals surface area contributed by atoms with Crippen molar-refractivity contribution in [3.05, 3.63) is 5.28 Å². The summed E-state index contributed by atoms with van der Waals surface area (Å²) in [5, 5.41) is 12.2. The third-order valence-corrected chi connectivity index (χ3v) is 2.72. The predicted molar refractivity (Wildman–Crippen MR) is 70.0 cm³/mol. The fourth-order valence-electron chi connectivity index (χ4n) is 1.68. The van der Waals surface area contributed by atoms with Crippen molar-refractivity contribution in [3.8, 4) is 6.01 Å². The van der Waals surface area contributed by atoms with Crippen LogP contribution in [-0.4, -0.2) is 40.3 Å². The average Bonchev–Trinajstić information content (AvgIpc) is 2.36. The van der Waals surface area contributed by atoms with Crippen molar-refractivity contribution < 1.29 is 9.84 Å². The van der Waals surface area contributed by atoms with E-state index in [1.807, 2.05) is 0 Å². The lowest BCUT2D eigenvalue weighted by Crippen LogP contribution is -2.17. The molecule has 1 heterocycles. The Morgan fingerprint density at radius 2 is 2.11 bits per heavy atom. The monoisotopic (exact) mass is 274 g/mol. The smallest absolute Gasteiger partial charge is 0.322 e. The summed E-state index contributed by atoms with van der Waals surface area (Å²) in [4.78, 5) is 11.8. The Hall–Kier alpha value is -1.14. The van der Waals surface area contributed by atoms with Crippen LogP contribution in [0.3, 0.4) is 0 Å². The van der Waals surface area contributed by atoms with Crippen molar-refractivity contribution in [3.63, 3.8) is 0 Å². The topological polar surface area (TPSA) is 80.2 Å². The minimum atomic E-state index is 0.0959. The van der Waals surface area contributed by atoms with Gasteiger partial charge in [-0.05, 0) is 30.4 Å². The zero-order valence-corrected chi connectivity index (χ0v) is 11.4. The van der Waals surface area contributed by atoms with E-state index in [0.29, 0.717) is 18.4 Å². The van der Waals surface area contributed by atoms with Gasteiger partial charge in [0.2, 0.25) is 11.2 Å². The highest BCUT2D eigenvalue weighted by Gasteiger charge is 2.09. The molecule has 0 aliphatic rings. The average molecular weight is 275 g/mol. The van der Waals surface area contributed by atoms with Gasteiger partial charge in [0.25, 0.3) is 0 Å². The number of nitrogens with zero attached hydrogens (tertiary/aromatic N) is 3. The molecule has 0 aliphatic carbocycles. The number of nitrogens with one attached hydrogen (secondary N) is 1. The lowest BCUT2D eigenvalue weighted by atomic mass is 10.0. The molecule has 2 N–H and O–H groups in total. The van der Waals surface area contributed by atoms with Gasteiger partial charge >= 0.3 is 6.01 Å². The van der Waals surface area contributed by atoms with E-state index in [9.17, 15) is 0 Å². The number of anilines is 1. The maximum atomic E-state index is 8.98. The Morgan fingerprint density at radius 1 is 1.33 bits per heavy atom. The molecule has 6 nitrogen and oxygen atoms in total. The summed E-state index contributed by atoms with van der Waals surface area (Å²) >= 11 is 5.74. The molecule has 102 valence electrons. The van der Waals surface area contributed by atoms with Crippen molar-refractivity contribution in [2.45, 2.75) is 26.2 Å². The molecular formula is C11H19ClN4O2. The predicted octanol–water partition coefficient (Wildman–Crippen LogP) is 1.74. The van der Waals surface area contributed by atoms with Crippen molar-refractivity contribution in [2.24, 2.45) is 5.92 Å². The normalized spacial score (nSPS) is 12.2. The molecule has 1 aromatic rings. The number of methoxy groups -OCH3 is 1. The first-order valence-electron chi connectivity index (χ1n) is 5.99. The third-order valence-electron chi connectivity index (χ3n) is 2.55. The van der Waals surface area contributed by atoms with Gasteiger partial charge < -0.3 is 15.2 Å². The first-order valence-corrected chi connectivity index (χ1v) is 6.37. The number of aliphatic hydroxyl groups is 1. The zero-order valence-electron chi connectivity index (χ0n) is 10.7. The minimum Gasteiger partial charge on any atom is -0.467 e. The maximum Gasteiger partial charge on any atom is 0.322 e. The van der Waals surface area contributed by atoms with E-state index >= 15 is 0 Å². The number of rotatable bonds is 8. The van der Waals surface area contributed by atoms with Gasteiger partial charge in [0.05, 0.1) is 7.11 Å². The molecule has 18 heavy (non-hydrogen) atoms. The van der Waals surface area contributed by atoms with Crippen molar-refractivity contribution >= 4 is 17.5 Å². The van der Waals surface area contributed by atoms with E-state index in [1.54, 1.807) is 0 Å². The summed E-state index contributed by atoms with van der Waals surface area (Å²) in [6.07, 6.45) is 2.88. The van der Waals surface area contributed by atoms with Gasteiger partial charge in [-0.2, -0.15) is 15.0 Å². The Kier molecular flexibility index (Phi) is 6.67. The first kappa shape index (κ1) is 14.9. The van der Waals surface area contributed by atoms with Crippen molar-refractivity contribution in [2.75, 3.05) is 25.6 Å². The van der Waals surface area contributed by atoms with Crippen LogP contribution in [0.4, 0.5) is 5.95 Å². The third kappa shape index (κ3) is 5.01. The van der Waals surface area contributed by atoms with Crippen LogP contribution in [0.5, 0.6) is 6.01 Å². The Labute approximate surface area is 112 Å². The summed E-state index contributed by atoms with van der Waals surface area (Å²) in [5.74, 6) is 0.785. The molecule has 0 amide bonds. The van der Waals surface area contributed by atoms with E-state index in [2.05, 4.69) is 27.2 Å². The molecule has 0 saturated heterocycles. The van der Waals surface area contributed by atoms with Crippen LogP contribution in [0.25, 0.3) is 0 Å². The van der Waals surface area contributed by atoms with Crippen LogP contribution in [0.15, 0.2) is 0 Å². The van der Waals surface area contributed by atoms with Gasteiger partial charge in [-0.15, -0.1) is 0 Å². The summed E-state index contributed by atoms with van der Waals surface area (Å²) in [5.41, 5.74) is 0. The highest BCUT2D eigenvalue weighted by Crippen LogP contribution is 2.14. The van der Waals surface area contributed by atoms with Crippen LogP contribution in [0.2, 0.25) is 5.28 Å². The highest BCUT2D eigenvalue weighted by atomic mass is 35.5. The van der Waals surface area contributed by atoms with Gasteiger partial charge in [0, 0.05) is 13.2 Å². The Morgan fingerprint density at radius 3 is 2.72 bits per heavy atom. The van der Waals surface area contributed by atoms with Gasteiger partial charge in [0.1, 0.15) is 0 Å². The molecule has 0 aliphatic heterocycles. The number of ether oxygens (including phenoxy) is 1. The molecule has 0 spiro atoms. The Balaban J connectivity index is 2.57. The molecule has 0 fully saturated rings. The van der Waals surface area contributed by atoms with Crippen molar-refractivity contribution in [1.29, 1.82) is 0 Å². The van der Waals surface area contributed by atoms with Crippen LogP contribution in [0.1, 0.15) is 26.2 Å². The van der Waals surface area contributed by atoms with E-state index < -0.39 is 0 Å². The standard InChI is InChI=1S/C11H19ClN4O2/c1-3-4-8(5-6-17)7-13-10-14-9(12)15-11(16-10)18-2/h8,17H,3-7H2,1-2H3,(H,13,14,15,16). The lowest BCUT2D eigenvalue weighted by molar-refractivity contribution is 0.255. The molecule has 1 rings (SSSR count). The van der Waals surface area contributed by atoms with Crippen LogP contribution in [0, 0.1) is 5.92 Å². The maximum absolute atomic E-state index is 8.98. The molecular weight excluding hydrogens is 256 g/mol. The summed E-state index contributed by atoms with van der Waals surface area (Å²) in [7, 11) is 1.47. The fraction of sp³-hybridized carbons (Fsp3) is 0.727. The van der Waals surface area contributed by atoms with E-state index in [-0.39, 0.29) is 17.9 Å². The quantitative estimate of drug-likeness (QED) is 0.752. The second-order valence-electron chi connectivity index (χ2n) is 3.96. The van der Waals surface area contributed by atoms with E-state index in [0.717, 1.165) is 19.3 Å². The molecule has 0 saturated carbocycles. The fourth-order valence-corrected chi connectivity index (χ4v) is 1.83. The summed E-state index contributed by atoms with van der Waals surface area (Å²) in [6, 6.07) is 0.187. The number of aliphatic hydroxyl groups excluding tert-OH is 1. The molecule has 0 bridgehead atoms. The number of hydrogen-bond donors (Lipinski definition) is 2. The zero-order chi connectivity index (χ0) is 13.4. The molecule has 7 heteroatoms. The van der Waals surface area contributed by atoms with Crippen LogP contribution >= 0.6 is 11.6 Å². The first-order chi connectivity index (χ1) is 8.69. The van der Waals surface area contributed by atoms with Gasteiger partial charge in [-0.1, -0.05) is 13.3 Å². The number of hydrogen-bond acceptors (Lipinski definition) is 6. The SMILES string of the molecule is CCCC(CCO)CNc1nc(Cl)nc(OC)n1. The molecule has 0 aromatic carbocycles. The lowest BCUT2D eigenvalue weighted by Gasteiger charge is -2.15. The van der Waals surface area contributed by atoms with Crippen LogP contribution in [-0.2, 0) is 0 Å². The van der Waals surface area contributed by atoms with Gasteiger partial charge in [-0.25, -0.2) is 0 Å². The van der Waals surface area contributed by atoms with E-state index in [1.165, 1.54) is 7.11 Å². The largest absolute Gasteiger partial charge is 0.467 e. The second-order valence-corrected chi connectivity index (χ2v) is 4.30. The minimum absolute atomic E-state index is 0.0959. The molecule has 0 radical (unpaired) electrons. The van der Waals surface area contributed by atoms with Gasteiger partial charge in [-0.3, -0.25) is 0 Å². The molecule has 1 atom stereocenters. The summed E-state index contributed by atoms with van der Waals surface area (Å²) < 4.78 is 4.91. The molecule has 1 unspecified atom stereocenters. The van der Waals surface area contributed by atoms with Crippen molar-refractivity contribution in [1.82, 2.24) is 15.0 Å². The number of halogens is 1. The second kappa shape index (κ2) is 8.05. The number of aromatic nitrogens is 3. The van der Waals surface area contributed by atoms with E-state index in [4.69, 9.17) is 21.4 Å².